The van der Waals surface area contributed by atoms with Crippen LogP contribution >= 0.6 is 11.8 Å². The fourth-order valence-electron chi connectivity index (χ4n) is 2.65. The number of nitrogens with zero attached hydrogens (tertiary/aromatic N) is 2. The molecular formula is C15H18N2O3S. The van der Waals surface area contributed by atoms with Crippen LogP contribution in [0.15, 0.2) is 23.4 Å². The highest BCUT2D eigenvalue weighted by Crippen LogP contribution is 2.43. The van der Waals surface area contributed by atoms with Crippen LogP contribution in [0.3, 0.4) is 0 Å². The number of benzene rings is 1. The van der Waals surface area contributed by atoms with Gasteiger partial charge in [0.1, 0.15) is 11.3 Å². The van der Waals surface area contributed by atoms with Gasteiger partial charge in [0.25, 0.3) is 0 Å². The number of aliphatic carboxylic acids is 1. The van der Waals surface area contributed by atoms with Gasteiger partial charge < -0.3 is 14.4 Å². The number of carboxylic acid groups (broad SMARTS) is 1. The van der Waals surface area contributed by atoms with E-state index < -0.39 is 5.97 Å². The van der Waals surface area contributed by atoms with Crippen LogP contribution in [0, 0.1) is 5.92 Å². The first-order chi connectivity index (χ1) is 10.1. The van der Waals surface area contributed by atoms with E-state index in [-0.39, 0.29) is 5.75 Å². The van der Waals surface area contributed by atoms with E-state index in [1.807, 2.05) is 18.2 Å². The molecule has 0 bridgehead atoms. The van der Waals surface area contributed by atoms with Crippen LogP contribution in [-0.2, 0) is 4.79 Å². The molecule has 2 aromatic rings. The van der Waals surface area contributed by atoms with Crippen LogP contribution in [0.1, 0.15) is 25.8 Å². The molecule has 1 saturated carbocycles. The molecule has 0 amide bonds. The first-order valence-electron chi connectivity index (χ1n) is 7.01. The highest BCUT2D eigenvalue weighted by molar-refractivity contribution is 7.99. The van der Waals surface area contributed by atoms with E-state index >= 15 is 0 Å². The Morgan fingerprint density at radius 2 is 2.33 bits per heavy atom. The van der Waals surface area contributed by atoms with Gasteiger partial charge in [0.05, 0.1) is 18.4 Å². The van der Waals surface area contributed by atoms with E-state index in [1.54, 1.807) is 7.11 Å². The lowest BCUT2D eigenvalue weighted by molar-refractivity contribution is -0.133. The number of rotatable bonds is 6. The molecule has 112 valence electrons. The maximum absolute atomic E-state index is 10.9. The summed E-state index contributed by atoms with van der Waals surface area (Å²) in [7, 11) is 1.63. The summed E-state index contributed by atoms with van der Waals surface area (Å²) < 4.78 is 7.55. The standard InChI is InChI=1S/C15H18N2O3S/c1-9(10-6-7-10)17-11-4-3-5-12(20-2)14(11)16-15(17)21-8-13(18)19/h3-5,9-10H,6-8H2,1-2H3,(H,18,19). The second kappa shape index (κ2) is 5.60. The molecule has 1 aliphatic rings. The molecule has 1 aromatic heterocycles. The maximum Gasteiger partial charge on any atom is 0.313 e. The van der Waals surface area contributed by atoms with Crippen molar-refractivity contribution >= 4 is 28.8 Å². The second-order valence-electron chi connectivity index (χ2n) is 5.35. The smallest absolute Gasteiger partial charge is 0.313 e. The van der Waals surface area contributed by atoms with Crippen molar-refractivity contribution in [2.75, 3.05) is 12.9 Å². The van der Waals surface area contributed by atoms with E-state index in [4.69, 9.17) is 9.84 Å². The van der Waals surface area contributed by atoms with Gasteiger partial charge in [-0.05, 0) is 37.8 Å². The predicted octanol–water partition coefficient (Wildman–Crippen LogP) is 3.19. The van der Waals surface area contributed by atoms with E-state index in [0.29, 0.717) is 12.0 Å². The Labute approximate surface area is 127 Å². The third kappa shape index (κ3) is 2.72. The van der Waals surface area contributed by atoms with Crippen LogP contribution in [0.4, 0.5) is 0 Å². The zero-order chi connectivity index (χ0) is 15.0. The van der Waals surface area contributed by atoms with E-state index in [1.165, 1.54) is 24.6 Å². The van der Waals surface area contributed by atoms with Gasteiger partial charge >= 0.3 is 5.97 Å². The number of imidazole rings is 1. The third-order valence-electron chi connectivity index (χ3n) is 3.91. The molecule has 1 heterocycles. The van der Waals surface area contributed by atoms with Crippen molar-refractivity contribution in [1.82, 2.24) is 9.55 Å². The van der Waals surface area contributed by atoms with Crippen molar-refractivity contribution in [2.45, 2.75) is 31.0 Å². The summed E-state index contributed by atoms with van der Waals surface area (Å²) in [5, 5.41) is 9.68. The number of thioether (sulfide) groups is 1. The SMILES string of the molecule is COc1cccc2c1nc(SCC(=O)O)n2C(C)C1CC1. The van der Waals surface area contributed by atoms with Crippen molar-refractivity contribution in [3.63, 3.8) is 0 Å². The third-order valence-corrected chi connectivity index (χ3v) is 4.84. The van der Waals surface area contributed by atoms with Gasteiger partial charge in [-0.2, -0.15) is 0 Å². The summed E-state index contributed by atoms with van der Waals surface area (Å²) in [6.45, 7) is 2.18. The average Bonchev–Trinajstić information content (AvgIpc) is 3.24. The number of hydrogen-bond donors (Lipinski definition) is 1. The highest BCUT2D eigenvalue weighted by atomic mass is 32.2. The first kappa shape index (κ1) is 14.3. The predicted molar refractivity (Wildman–Crippen MR) is 82.1 cm³/mol. The average molecular weight is 306 g/mol. The van der Waals surface area contributed by atoms with E-state index in [9.17, 15) is 4.79 Å². The molecule has 0 saturated heterocycles. The lowest BCUT2D eigenvalue weighted by Gasteiger charge is -2.16. The van der Waals surface area contributed by atoms with Crippen molar-refractivity contribution in [3.05, 3.63) is 18.2 Å². The molecule has 1 unspecified atom stereocenters. The van der Waals surface area contributed by atoms with Crippen molar-refractivity contribution in [3.8, 4) is 5.75 Å². The Morgan fingerprint density at radius 1 is 1.57 bits per heavy atom. The molecular weight excluding hydrogens is 288 g/mol. The van der Waals surface area contributed by atoms with Gasteiger partial charge in [-0.3, -0.25) is 4.79 Å². The fraction of sp³-hybridized carbons (Fsp3) is 0.467. The normalized spacial score (nSPS) is 16.1. The molecule has 6 heteroatoms. The number of ether oxygens (including phenoxy) is 1. The number of carboxylic acids is 1. The molecule has 0 radical (unpaired) electrons. The molecule has 5 nitrogen and oxygen atoms in total. The summed E-state index contributed by atoms with van der Waals surface area (Å²) in [6.07, 6.45) is 2.46. The van der Waals surface area contributed by atoms with Crippen LogP contribution in [-0.4, -0.2) is 33.5 Å². The zero-order valence-electron chi connectivity index (χ0n) is 12.1. The topological polar surface area (TPSA) is 64.3 Å². The van der Waals surface area contributed by atoms with Gasteiger partial charge in [0.2, 0.25) is 0 Å². The molecule has 1 fully saturated rings. The number of hydrogen-bond acceptors (Lipinski definition) is 4. The van der Waals surface area contributed by atoms with Gasteiger partial charge in [-0.15, -0.1) is 0 Å². The van der Waals surface area contributed by atoms with Crippen LogP contribution in [0.25, 0.3) is 11.0 Å². The number of aromatic nitrogens is 2. The Morgan fingerprint density at radius 3 is 2.95 bits per heavy atom. The van der Waals surface area contributed by atoms with Crippen LogP contribution in [0.2, 0.25) is 0 Å². The largest absolute Gasteiger partial charge is 0.494 e. The van der Waals surface area contributed by atoms with E-state index in [0.717, 1.165) is 21.9 Å². The number of fused-ring (bicyclic) bond motifs is 1. The molecule has 1 aliphatic carbocycles. The van der Waals surface area contributed by atoms with Gasteiger partial charge in [0.15, 0.2) is 5.16 Å². The van der Waals surface area contributed by atoms with Gasteiger partial charge in [-0.1, -0.05) is 17.8 Å². The minimum Gasteiger partial charge on any atom is -0.494 e. The quantitative estimate of drug-likeness (QED) is 0.830. The summed E-state index contributed by atoms with van der Waals surface area (Å²) in [5.41, 5.74) is 1.82. The van der Waals surface area contributed by atoms with Gasteiger partial charge in [0, 0.05) is 6.04 Å². The summed E-state index contributed by atoms with van der Waals surface area (Å²) in [5.74, 6) is 0.581. The molecule has 1 aromatic carbocycles. The lowest BCUT2D eigenvalue weighted by Crippen LogP contribution is -2.09. The number of para-hydroxylation sites is 1. The highest BCUT2D eigenvalue weighted by Gasteiger charge is 2.32. The Balaban J connectivity index is 2.09. The summed E-state index contributed by atoms with van der Waals surface area (Å²) >= 11 is 1.27. The minimum absolute atomic E-state index is 0.0169. The molecule has 21 heavy (non-hydrogen) atoms. The Bertz CT molecular complexity index is 679. The van der Waals surface area contributed by atoms with Crippen LogP contribution < -0.4 is 4.74 Å². The first-order valence-corrected chi connectivity index (χ1v) is 8.00. The van der Waals surface area contributed by atoms with Gasteiger partial charge in [-0.25, -0.2) is 4.98 Å². The summed E-state index contributed by atoms with van der Waals surface area (Å²) in [6, 6.07) is 6.19. The number of methoxy groups -OCH3 is 1. The molecule has 3 rings (SSSR count). The zero-order valence-corrected chi connectivity index (χ0v) is 12.9. The summed E-state index contributed by atoms with van der Waals surface area (Å²) in [4.78, 5) is 15.5. The van der Waals surface area contributed by atoms with E-state index in [2.05, 4.69) is 16.5 Å². The number of carbonyl (C=O) groups is 1. The van der Waals surface area contributed by atoms with Crippen molar-refractivity contribution in [2.24, 2.45) is 5.92 Å². The lowest BCUT2D eigenvalue weighted by atomic mass is 10.2. The molecule has 0 spiro atoms. The van der Waals surface area contributed by atoms with Crippen molar-refractivity contribution < 1.29 is 14.6 Å². The van der Waals surface area contributed by atoms with Crippen molar-refractivity contribution in [1.29, 1.82) is 0 Å². The molecule has 1 N–H and O–H groups in total. The maximum atomic E-state index is 10.9. The molecule has 0 aliphatic heterocycles. The second-order valence-corrected chi connectivity index (χ2v) is 6.30. The Hall–Kier alpha value is -1.69. The Kier molecular flexibility index (Phi) is 3.80. The minimum atomic E-state index is -0.829. The monoisotopic (exact) mass is 306 g/mol. The van der Waals surface area contributed by atoms with Crippen LogP contribution in [0.5, 0.6) is 5.75 Å². The molecule has 1 atom stereocenters. The fourth-order valence-corrected chi connectivity index (χ4v) is 3.46.